The van der Waals surface area contributed by atoms with Gasteiger partial charge in [-0.05, 0) is 31.4 Å². The molecule has 1 heterocycles. The van der Waals surface area contributed by atoms with Crippen LogP contribution >= 0.6 is 27.3 Å². The molecule has 0 spiro atoms. The Labute approximate surface area is 103 Å². The van der Waals surface area contributed by atoms with E-state index in [1.54, 1.807) is 11.3 Å². The first-order chi connectivity index (χ1) is 7.27. The van der Waals surface area contributed by atoms with Gasteiger partial charge in [0.05, 0.1) is 4.88 Å². The van der Waals surface area contributed by atoms with Gasteiger partial charge in [0, 0.05) is 16.8 Å². The van der Waals surface area contributed by atoms with Crippen LogP contribution in [-0.4, -0.2) is 17.8 Å². The van der Waals surface area contributed by atoms with Crippen LogP contribution in [0, 0.1) is 0 Å². The van der Waals surface area contributed by atoms with Gasteiger partial charge in [-0.2, -0.15) is 0 Å². The number of rotatable bonds is 6. The van der Waals surface area contributed by atoms with Gasteiger partial charge in [0.2, 0.25) is 0 Å². The topological polar surface area (TPSA) is 29.1 Å². The lowest BCUT2D eigenvalue weighted by Gasteiger charge is -2.01. The summed E-state index contributed by atoms with van der Waals surface area (Å²) in [5.41, 5.74) is 0. The molecule has 84 valence electrons. The van der Waals surface area contributed by atoms with E-state index >= 15 is 0 Å². The molecular formula is C11H16BrNOS. The molecule has 0 radical (unpaired) electrons. The van der Waals surface area contributed by atoms with Crippen LogP contribution in [0.4, 0.5) is 0 Å². The average Bonchev–Trinajstić information content (AvgIpc) is 2.72. The molecule has 4 heteroatoms. The molecule has 1 N–H and O–H groups in total. The van der Waals surface area contributed by atoms with Crippen molar-refractivity contribution in [2.45, 2.75) is 26.2 Å². The fourth-order valence-corrected chi connectivity index (χ4v) is 2.46. The summed E-state index contributed by atoms with van der Waals surface area (Å²) in [4.78, 5) is 13.7. The quantitative estimate of drug-likeness (QED) is 0.632. The van der Waals surface area contributed by atoms with E-state index in [1.165, 1.54) is 4.88 Å². The van der Waals surface area contributed by atoms with Crippen molar-refractivity contribution in [1.82, 2.24) is 5.32 Å². The molecule has 1 rings (SSSR count). The normalized spacial score (nSPS) is 10.3. The Hall–Kier alpha value is -0.350. The molecule has 0 bridgehead atoms. The summed E-state index contributed by atoms with van der Waals surface area (Å²) in [6.07, 6.45) is 3.13. The summed E-state index contributed by atoms with van der Waals surface area (Å²) in [5, 5.41) is 3.92. The van der Waals surface area contributed by atoms with Crippen LogP contribution in [0.25, 0.3) is 0 Å². The third-order valence-corrected chi connectivity index (χ3v) is 3.87. The Bertz CT molecular complexity index is 311. The predicted molar refractivity (Wildman–Crippen MR) is 69.1 cm³/mol. The highest BCUT2D eigenvalue weighted by atomic mass is 79.9. The van der Waals surface area contributed by atoms with Crippen molar-refractivity contribution in [2.75, 3.05) is 11.9 Å². The van der Waals surface area contributed by atoms with Gasteiger partial charge < -0.3 is 5.32 Å². The first kappa shape index (κ1) is 12.7. The summed E-state index contributed by atoms with van der Waals surface area (Å²) >= 11 is 4.95. The molecule has 2 nitrogen and oxygen atoms in total. The first-order valence-electron chi connectivity index (χ1n) is 5.20. The third kappa shape index (κ3) is 4.34. The van der Waals surface area contributed by atoms with Gasteiger partial charge in [-0.1, -0.05) is 22.9 Å². The van der Waals surface area contributed by atoms with E-state index in [2.05, 4.69) is 28.2 Å². The zero-order valence-corrected chi connectivity index (χ0v) is 11.3. The lowest BCUT2D eigenvalue weighted by molar-refractivity contribution is 0.0957. The van der Waals surface area contributed by atoms with Crippen LogP contribution in [0.1, 0.15) is 34.3 Å². The van der Waals surface area contributed by atoms with E-state index in [0.717, 1.165) is 36.0 Å². The lowest BCUT2D eigenvalue weighted by Crippen LogP contribution is -2.23. The van der Waals surface area contributed by atoms with E-state index in [4.69, 9.17) is 0 Å². The van der Waals surface area contributed by atoms with Crippen LogP contribution in [0.2, 0.25) is 0 Å². The fourth-order valence-electron chi connectivity index (χ4n) is 1.20. The zero-order chi connectivity index (χ0) is 11.1. The summed E-state index contributed by atoms with van der Waals surface area (Å²) in [5.74, 6) is 0.0641. The van der Waals surface area contributed by atoms with Crippen molar-refractivity contribution in [3.8, 4) is 0 Å². The van der Waals surface area contributed by atoms with Gasteiger partial charge in [0.25, 0.3) is 5.91 Å². The molecule has 1 aromatic heterocycles. The maximum absolute atomic E-state index is 11.6. The fraction of sp³-hybridized carbons (Fsp3) is 0.545. The Morgan fingerprint density at radius 1 is 1.47 bits per heavy atom. The SMILES string of the molecule is CCc1ccc(C(=O)NCCCCBr)s1. The number of hydrogen-bond donors (Lipinski definition) is 1. The van der Waals surface area contributed by atoms with Gasteiger partial charge in [-0.15, -0.1) is 11.3 Å². The third-order valence-electron chi connectivity index (χ3n) is 2.08. The van der Waals surface area contributed by atoms with E-state index in [-0.39, 0.29) is 5.91 Å². The summed E-state index contributed by atoms with van der Waals surface area (Å²) in [7, 11) is 0. The number of halogens is 1. The lowest BCUT2D eigenvalue weighted by atomic mass is 10.3. The molecule has 0 aliphatic heterocycles. The number of amides is 1. The molecule has 15 heavy (non-hydrogen) atoms. The van der Waals surface area contributed by atoms with Crippen molar-refractivity contribution in [3.05, 3.63) is 21.9 Å². The molecule has 0 saturated carbocycles. The summed E-state index contributed by atoms with van der Waals surface area (Å²) < 4.78 is 0. The van der Waals surface area contributed by atoms with Crippen LogP contribution in [-0.2, 0) is 6.42 Å². The molecule has 1 aromatic rings. The van der Waals surface area contributed by atoms with E-state index in [9.17, 15) is 4.79 Å². The van der Waals surface area contributed by atoms with Crippen LogP contribution in [0.5, 0.6) is 0 Å². The van der Waals surface area contributed by atoms with Crippen molar-refractivity contribution < 1.29 is 4.79 Å². The smallest absolute Gasteiger partial charge is 0.261 e. The highest BCUT2D eigenvalue weighted by Gasteiger charge is 2.07. The number of thiophene rings is 1. The Kier molecular flexibility index (Phi) is 5.95. The van der Waals surface area contributed by atoms with Gasteiger partial charge in [0.1, 0.15) is 0 Å². The second kappa shape index (κ2) is 7.01. The number of alkyl halides is 1. The van der Waals surface area contributed by atoms with Crippen molar-refractivity contribution >= 4 is 33.2 Å². The minimum Gasteiger partial charge on any atom is -0.351 e. The average molecular weight is 290 g/mol. The highest BCUT2D eigenvalue weighted by Crippen LogP contribution is 2.16. The van der Waals surface area contributed by atoms with E-state index in [1.807, 2.05) is 12.1 Å². The number of hydrogen-bond acceptors (Lipinski definition) is 2. The van der Waals surface area contributed by atoms with Crippen molar-refractivity contribution in [1.29, 1.82) is 0 Å². The largest absolute Gasteiger partial charge is 0.351 e. The van der Waals surface area contributed by atoms with Gasteiger partial charge in [-0.25, -0.2) is 0 Å². The maximum atomic E-state index is 11.6. The van der Waals surface area contributed by atoms with Crippen LogP contribution in [0.15, 0.2) is 12.1 Å². The maximum Gasteiger partial charge on any atom is 0.261 e. The first-order valence-corrected chi connectivity index (χ1v) is 7.14. The molecule has 0 aromatic carbocycles. The molecular weight excluding hydrogens is 274 g/mol. The Morgan fingerprint density at radius 2 is 2.27 bits per heavy atom. The van der Waals surface area contributed by atoms with Gasteiger partial charge in [-0.3, -0.25) is 4.79 Å². The molecule has 1 amide bonds. The molecule has 0 saturated heterocycles. The Balaban J connectivity index is 2.33. The monoisotopic (exact) mass is 289 g/mol. The Morgan fingerprint density at radius 3 is 2.87 bits per heavy atom. The highest BCUT2D eigenvalue weighted by molar-refractivity contribution is 9.09. The number of unbranched alkanes of at least 4 members (excludes halogenated alkanes) is 1. The second-order valence-electron chi connectivity index (χ2n) is 3.27. The van der Waals surface area contributed by atoms with Crippen molar-refractivity contribution in [3.63, 3.8) is 0 Å². The summed E-state index contributed by atoms with van der Waals surface area (Å²) in [6.45, 7) is 2.87. The summed E-state index contributed by atoms with van der Waals surface area (Å²) in [6, 6.07) is 3.93. The number of nitrogens with one attached hydrogen (secondary N) is 1. The van der Waals surface area contributed by atoms with Gasteiger partial charge >= 0.3 is 0 Å². The molecule has 0 aliphatic rings. The molecule has 0 unspecified atom stereocenters. The van der Waals surface area contributed by atoms with Crippen LogP contribution < -0.4 is 5.32 Å². The minimum atomic E-state index is 0.0641. The predicted octanol–water partition coefficient (Wildman–Crippen LogP) is 3.22. The van der Waals surface area contributed by atoms with Crippen LogP contribution in [0.3, 0.4) is 0 Å². The number of carbonyl (C=O) groups is 1. The van der Waals surface area contributed by atoms with Crippen molar-refractivity contribution in [2.24, 2.45) is 0 Å². The number of aryl methyl sites for hydroxylation is 1. The standard InChI is InChI=1S/C11H16BrNOS/c1-2-9-5-6-10(15-9)11(14)13-8-4-3-7-12/h5-6H,2-4,7-8H2,1H3,(H,13,14). The molecule has 0 atom stereocenters. The van der Waals surface area contributed by atoms with E-state index in [0.29, 0.717) is 0 Å². The minimum absolute atomic E-state index is 0.0641. The van der Waals surface area contributed by atoms with E-state index < -0.39 is 0 Å². The number of carbonyl (C=O) groups excluding carboxylic acids is 1. The molecule has 0 fully saturated rings. The van der Waals surface area contributed by atoms with Gasteiger partial charge in [0.15, 0.2) is 0 Å². The second-order valence-corrected chi connectivity index (χ2v) is 5.23. The zero-order valence-electron chi connectivity index (χ0n) is 8.88. The molecule has 0 aliphatic carbocycles.